The van der Waals surface area contributed by atoms with Gasteiger partial charge in [0.2, 0.25) is 0 Å². The first kappa shape index (κ1) is 12.9. The molecule has 1 fully saturated rings. The van der Waals surface area contributed by atoms with Gasteiger partial charge in [0.25, 0.3) is 0 Å². The number of thiazole rings is 1. The molecule has 0 spiro atoms. The van der Waals surface area contributed by atoms with E-state index in [1.165, 1.54) is 6.42 Å². The molecule has 0 bridgehead atoms. The molecule has 0 amide bonds. The molecule has 0 atom stereocenters. The molecule has 0 unspecified atom stereocenters. The lowest BCUT2D eigenvalue weighted by molar-refractivity contribution is 0.0167. The molecule has 1 saturated carbocycles. The third kappa shape index (κ3) is 2.47. The summed E-state index contributed by atoms with van der Waals surface area (Å²) < 4.78 is 2.93. The van der Waals surface area contributed by atoms with E-state index in [0.717, 1.165) is 46.9 Å². The second-order valence-corrected chi connectivity index (χ2v) is 6.52. The standard InChI is InChI=1S/C13H20N4OS/c1-9-10-11(17(2)16-9)15-12(19-10)14-8-13(18)6-4-3-5-7-13/h18H,3-8H2,1-2H3,(H,14,15). The monoisotopic (exact) mass is 280 g/mol. The summed E-state index contributed by atoms with van der Waals surface area (Å²) in [7, 11) is 1.91. The molecule has 2 N–H and O–H groups in total. The Morgan fingerprint density at radius 1 is 1.37 bits per heavy atom. The van der Waals surface area contributed by atoms with Crippen LogP contribution in [-0.4, -0.2) is 32.0 Å². The molecule has 0 saturated heterocycles. The Morgan fingerprint density at radius 2 is 2.11 bits per heavy atom. The average molecular weight is 280 g/mol. The van der Waals surface area contributed by atoms with Crippen LogP contribution in [0.5, 0.6) is 0 Å². The van der Waals surface area contributed by atoms with Crippen molar-refractivity contribution in [3.05, 3.63) is 5.69 Å². The van der Waals surface area contributed by atoms with E-state index in [1.54, 1.807) is 11.3 Å². The predicted molar refractivity (Wildman–Crippen MR) is 77.6 cm³/mol. The number of nitrogens with one attached hydrogen (secondary N) is 1. The van der Waals surface area contributed by atoms with E-state index in [4.69, 9.17) is 0 Å². The molecule has 1 aliphatic carbocycles. The van der Waals surface area contributed by atoms with Crippen LogP contribution in [0, 0.1) is 6.92 Å². The minimum Gasteiger partial charge on any atom is -0.388 e. The fourth-order valence-corrected chi connectivity index (χ4v) is 3.71. The lowest BCUT2D eigenvalue weighted by Crippen LogP contribution is -2.38. The van der Waals surface area contributed by atoms with Gasteiger partial charge in [-0.05, 0) is 19.8 Å². The summed E-state index contributed by atoms with van der Waals surface area (Å²) >= 11 is 1.62. The van der Waals surface area contributed by atoms with Crippen molar-refractivity contribution in [2.75, 3.05) is 11.9 Å². The summed E-state index contributed by atoms with van der Waals surface area (Å²) in [5, 5.41) is 19.0. The summed E-state index contributed by atoms with van der Waals surface area (Å²) in [4.78, 5) is 4.55. The van der Waals surface area contributed by atoms with E-state index in [2.05, 4.69) is 15.4 Å². The zero-order valence-electron chi connectivity index (χ0n) is 11.4. The highest BCUT2D eigenvalue weighted by atomic mass is 32.1. The molecule has 5 nitrogen and oxygen atoms in total. The number of aliphatic hydroxyl groups is 1. The van der Waals surface area contributed by atoms with Crippen LogP contribution in [0.15, 0.2) is 0 Å². The van der Waals surface area contributed by atoms with Crippen LogP contribution in [0.3, 0.4) is 0 Å². The van der Waals surface area contributed by atoms with Crippen LogP contribution in [0.2, 0.25) is 0 Å². The van der Waals surface area contributed by atoms with E-state index < -0.39 is 5.60 Å². The highest BCUT2D eigenvalue weighted by Crippen LogP contribution is 2.31. The molecule has 0 radical (unpaired) electrons. The molecule has 1 aliphatic rings. The number of aryl methyl sites for hydroxylation is 2. The second kappa shape index (κ2) is 4.76. The van der Waals surface area contributed by atoms with Gasteiger partial charge in [0.05, 0.1) is 16.0 Å². The van der Waals surface area contributed by atoms with E-state index in [-0.39, 0.29) is 0 Å². The number of fused-ring (bicyclic) bond motifs is 1. The van der Waals surface area contributed by atoms with Crippen molar-refractivity contribution in [1.82, 2.24) is 14.8 Å². The van der Waals surface area contributed by atoms with Crippen LogP contribution < -0.4 is 5.32 Å². The van der Waals surface area contributed by atoms with Crippen molar-refractivity contribution in [3.63, 3.8) is 0 Å². The fourth-order valence-electron chi connectivity index (χ4n) is 2.79. The fraction of sp³-hybridized carbons (Fsp3) is 0.692. The Bertz CT molecular complexity index is 548. The Balaban J connectivity index is 1.73. The van der Waals surface area contributed by atoms with Gasteiger partial charge in [-0.15, -0.1) is 0 Å². The van der Waals surface area contributed by atoms with Gasteiger partial charge in [0.15, 0.2) is 10.8 Å². The third-order valence-corrected chi connectivity index (χ3v) is 5.01. The highest BCUT2D eigenvalue weighted by molar-refractivity contribution is 7.22. The summed E-state index contributed by atoms with van der Waals surface area (Å²) in [5.74, 6) is 0. The lowest BCUT2D eigenvalue weighted by Gasteiger charge is -2.31. The minimum absolute atomic E-state index is 0.552. The average Bonchev–Trinajstić information content (AvgIpc) is 2.91. The molecule has 0 aromatic carbocycles. The van der Waals surface area contributed by atoms with Crippen LogP contribution >= 0.6 is 11.3 Å². The zero-order valence-corrected chi connectivity index (χ0v) is 12.3. The minimum atomic E-state index is -0.552. The smallest absolute Gasteiger partial charge is 0.185 e. The van der Waals surface area contributed by atoms with Crippen molar-refractivity contribution in [2.45, 2.75) is 44.6 Å². The molecule has 2 heterocycles. The quantitative estimate of drug-likeness (QED) is 0.906. The topological polar surface area (TPSA) is 63.0 Å². The largest absolute Gasteiger partial charge is 0.388 e. The molecule has 6 heteroatoms. The third-order valence-electron chi connectivity index (χ3n) is 3.90. The van der Waals surface area contributed by atoms with Crippen molar-refractivity contribution in [2.24, 2.45) is 7.05 Å². The normalized spacial score (nSPS) is 18.9. The first-order valence-corrected chi connectivity index (χ1v) is 7.65. The van der Waals surface area contributed by atoms with E-state index >= 15 is 0 Å². The van der Waals surface area contributed by atoms with Gasteiger partial charge in [-0.3, -0.25) is 0 Å². The van der Waals surface area contributed by atoms with Crippen LogP contribution in [0.1, 0.15) is 37.8 Å². The molecule has 2 aromatic rings. The Morgan fingerprint density at radius 3 is 2.79 bits per heavy atom. The molecular weight excluding hydrogens is 260 g/mol. The summed E-state index contributed by atoms with van der Waals surface area (Å²) in [6.07, 6.45) is 5.29. The van der Waals surface area contributed by atoms with Gasteiger partial charge < -0.3 is 10.4 Å². The number of nitrogens with zero attached hydrogens (tertiary/aromatic N) is 3. The maximum Gasteiger partial charge on any atom is 0.185 e. The van der Waals surface area contributed by atoms with Gasteiger partial charge in [0, 0.05) is 13.6 Å². The summed E-state index contributed by atoms with van der Waals surface area (Å²) in [6.45, 7) is 2.60. The first-order chi connectivity index (χ1) is 9.07. The zero-order chi connectivity index (χ0) is 13.5. The maximum absolute atomic E-state index is 10.5. The van der Waals surface area contributed by atoms with Crippen molar-refractivity contribution < 1.29 is 5.11 Å². The van der Waals surface area contributed by atoms with Gasteiger partial charge in [-0.2, -0.15) is 5.10 Å². The Hall–Kier alpha value is -1.14. The van der Waals surface area contributed by atoms with Gasteiger partial charge in [-0.1, -0.05) is 30.6 Å². The number of anilines is 1. The van der Waals surface area contributed by atoms with Crippen LogP contribution in [0.25, 0.3) is 10.3 Å². The van der Waals surface area contributed by atoms with E-state index in [9.17, 15) is 5.11 Å². The number of hydrogen-bond acceptors (Lipinski definition) is 5. The maximum atomic E-state index is 10.5. The van der Waals surface area contributed by atoms with Gasteiger partial charge >= 0.3 is 0 Å². The molecule has 19 heavy (non-hydrogen) atoms. The van der Waals surface area contributed by atoms with E-state index in [0.29, 0.717) is 6.54 Å². The van der Waals surface area contributed by atoms with Crippen molar-refractivity contribution in [3.8, 4) is 0 Å². The van der Waals surface area contributed by atoms with Crippen LogP contribution in [-0.2, 0) is 7.05 Å². The van der Waals surface area contributed by atoms with Crippen molar-refractivity contribution >= 4 is 26.8 Å². The summed E-state index contributed by atoms with van der Waals surface area (Å²) in [5.41, 5.74) is 1.38. The summed E-state index contributed by atoms with van der Waals surface area (Å²) in [6, 6.07) is 0. The number of rotatable bonds is 3. The number of aromatic nitrogens is 3. The SMILES string of the molecule is Cc1nn(C)c2nc(NCC3(O)CCCCC3)sc12. The lowest BCUT2D eigenvalue weighted by atomic mass is 9.85. The van der Waals surface area contributed by atoms with Crippen molar-refractivity contribution in [1.29, 1.82) is 0 Å². The Kier molecular flexibility index (Phi) is 3.22. The second-order valence-electron chi connectivity index (χ2n) is 5.52. The highest BCUT2D eigenvalue weighted by Gasteiger charge is 2.29. The van der Waals surface area contributed by atoms with E-state index in [1.807, 2.05) is 18.7 Å². The molecule has 3 rings (SSSR count). The Labute approximate surface area is 116 Å². The first-order valence-electron chi connectivity index (χ1n) is 6.84. The molecule has 2 aromatic heterocycles. The number of hydrogen-bond donors (Lipinski definition) is 2. The molecular formula is C13H20N4OS. The van der Waals surface area contributed by atoms with Gasteiger partial charge in [-0.25, -0.2) is 9.67 Å². The predicted octanol–water partition coefficient (Wildman–Crippen LogP) is 2.45. The van der Waals surface area contributed by atoms with Gasteiger partial charge in [0.1, 0.15) is 0 Å². The van der Waals surface area contributed by atoms with Crippen LogP contribution in [0.4, 0.5) is 5.13 Å². The molecule has 104 valence electrons. The molecule has 0 aliphatic heterocycles.